The van der Waals surface area contributed by atoms with Gasteiger partial charge in [-0.15, -0.1) is 0 Å². The molecule has 0 N–H and O–H groups in total. The second kappa shape index (κ2) is 20.4. The molecule has 2 aliphatic carbocycles. The van der Waals surface area contributed by atoms with E-state index < -0.39 is 0 Å². The van der Waals surface area contributed by atoms with Crippen molar-refractivity contribution in [1.29, 1.82) is 0 Å². The smallest absolute Gasteiger partial charge is 0.146 e. The van der Waals surface area contributed by atoms with E-state index in [4.69, 9.17) is 14.7 Å². The van der Waals surface area contributed by atoms with Gasteiger partial charge in [-0.25, -0.2) is 0 Å². The molecule has 0 bridgehead atoms. The first-order chi connectivity index (χ1) is 22.1. The first-order valence-electron chi connectivity index (χ1n) is 19.7. The summed E-state index contributed by atoms with van der Waals surface area (Å²) < 4.78 is 6.54. The first kappa shape index (κ1) is 35.9. The molecule has 0 aliphatic heterocycles. The lowest BCUT2D eigenvalue weighted by atomic mass is 9.77. The molecular weight excluding hydrogens is 548 g/mol. The van der Waals surface area contributed by atoms with Crippen LogP contribution in [0.2, 0.25) is 0 Å². The van der Waals surface area contributed by atoms with E-state index in [1.165, 1.54) is 138 Å². The van der Waals surface area contributed by atoms with Gasteiger partial charge in [0.2, 0.25) is 0 Å². The van der Waals surface area contributed by atoms with Gasteiger partial charge in [-0.2, -0.15) is 0 Å². The second-order valence-corrected chi connectivity index (χ2v) is 15.0. The van der Waals surface area contributed by atoms with E-state index in [0.717, 1.165) is 73.7 Å². The Morgan fingerprint density at radius 2 is 0.911 bits per heavy atom. The van der Waals surface area contributed by atoms with E-state index in [0.29, 0.717) is 0 Å². The van der Waals surface area contributed by atoms with Crippen molar-refractivity contribution in [2.75, 3.05) is 0 Å². The number of aromatic nitrogens is 2. The van der Waals surface area contributed by atoms with Crippen LogP contribution < -0.4 is 4.74 Å². The molecule has 0 saturated heterocycles. The molecular formula is C42H68N2O. The highest BCUT2D eigenvalue weighted by molar-refractivity contribution is 5.36. The highest BCUT2D eigenvalue weighted by Crippen LogP contribution is 2.37. The van der Waals surface area contributed by atoms with Gasteiger partial charge >= 0.3 is 0 Å². The summed E-state index contributed by atoms with van der Waals surface area (Å²) in [4.78, 5) is 9.92. The van der Waals surface area contributed by atoms with Crippen LogP contribution in [0.4, 0.5) is 0 Å². The zero-order valence-corrected chi connectivity index (χ0v) is 29.9. The third-order valence-corrected chi connectivity index (χ3v) is 11.2. The van der Waals surface area contributed by atoms with Gasteiger partial charge in [-0.1, -0.05) is 130 Å². The Labute approximate surface area is 278 Å². The van der Waals surface area contributed by atoms with Crippen LogP contribution in [0.5, 0.6) is 11.5 Å². The topological polar surface area (TPSA) is 35.0 Å². The van der Waals surface area contributed by atoms with Gasteiger partial charge in [-0.3, -0.25) is 9.97 Å². The van der Waals surface area contributed by atoms with Gasteiger partial charge < -0.3 is 4.74 Å². The zero-order valence-electron chi connectivity index (χ0n) is 29.9. The molecule has 3 heteroatoms. The van der Waals surface area contributed by atoms with E-state index in [2.05, 4.69) is 39.8 Å². The van der Waals surface area contributed by atoms with Crippen molar-refractivity contribution in [3.63, 3.8) is 0 Å². The molecule has 2 aromatic rings. The van der Waals surface area contributed by atoms with Crippen LogP contribution in [0.25, 0.3) is 0 Å². The summed E-state index contributed by atoms with van der Waals surface area (Å²) in [5, 5.41) is 0. The van der Waals surface area contributed by atoms with Gasteiger partial charge in [0, 0.05) is 11.4 Å². The summed E-state index contributed by atoms with van der Waals surface area (Å²) in [7, 11) is 0. The predicted molar refractivity (Wildman–Crippen MR) is 192 cm³/mol. The molecule has 0 radical (unpaired) electrons. The molecule has 2 heterocycles. The molecule has 0 atom stereocenters. The SMILES string of the molecule is CCCCCCC1CCC(Cc2cc(Oc3cnc(CCC)c(CC4CCC(CCCCCC)CC4)c3)cnc2CCC)CC1. The molecule has 0 aromatic carbocycles. The molecule has 2 fully saturated rings. The van der Waals surface area contributed by atoms with E-state index in [-0.39, 0.29) is 0 Å². The molecule has 45 heavy (non-hydrogen) atoms. The molecule has 3 nitrogen and oxygen atoms in total. The van der Waals surface area contributed by atoms with E-state index in [1.807, 2.05) is 12.4 Å². The summed E-state index contributed by atoms with van der Waals surface area (Å²) in [6, 6.07) is 4.63. The van der Waals surface area contributed by atoms with Crippen molar-refractivity contribution >= 4 is 0 Å². The Morgan fingerprint density at radius 1 is 0.511 bits per heavy atom. The fourth-order valence-electron chi connectivity index (χ4n) is 8.35. The van der Waals surface area contributed by atoms with Crippen molar-refractivity contribution < 1.29 is 4.74 Å². The molecule has 4 rings (SSSR count). The Kier molecular flexibility index (Phi) is 16.3. The summed E-state index contributed by atoms with van der Waals surface area (Å²) in [5.41, 5.74) is 5.40. The highest BCUT2D eigenvalue weighted by atomic mass is 16.5. The second-order valence-electron chi connectivity index (χ2n) is 15.0. The van der Waals surface area contributed by atoms with Crippen LogP contribution in [0, 0.1) is 23.7 Å². The largest absolute Gasteiger partial charge is 0.454 e. The fourth-order valence-corrected chi connectivity index (χ4v) is 8.35. The Morgan fingerprint density at radius 3 is 1.29 bits per heavy atom. The molecule has 2 aliphatic rings. The minimum atomic E-state index is 0.789. The number of hydrogen-bond acceptors (Lipinski definition) is 3. The Bertz CT molecular complexity index is 995. The van der Waals surface area contributed by atoms with Crippen LogP contribution in [-0.2, 0) is 25.7 Å². The fraction of sp³-hybridized carbons (Fsp3) is 0.762. The zero-order chi connectivity index (χ0) is 31.7. The van der Waals surface area contributed by atoms with Crippen molar-refractivity contribution in [3.05, 3.63) is 47.0 Å². The lowest BCUT2D eigenvalue weighted by Gasteiger charge is -2.29. The van der Waals surface area contributed by atoms with Crippen LogP contribution in [-0.4, -0.2) is 9.97 Å². The third kappa shape index (κ3) is 12.3. The lowest BCUT2D eigenvalue weighted by Crippen LogP contribution is -2.17. The number of hydrogen-bond donors (Lipinski definition) is 0. The van der Waals surface area contributed by atoms with Crippen LogP contribution in [0.3, 0.4) is 0 Å². The minimum absolute atomic E-state index is 0.789. The monoisotopic (exact) mass is 617 g/mol. The van der Waals surface area contributed by atoms with Crippen LogP contribution in [0.15, 0.2) is 24.5 Å². The summed E-state index contributed by atoms with van der Waals surface area (Å²) in [5.74, 6) is 5.27. The van der Waals surface area contributed by atoms with Gasteiger partial charge in [-0.05, 0) is 98.3 Å². The Hall–Kier alpha value is -1.90. The third-order valence-electron chi connectivity index (χ3n) is 11.2. The quantitative estimate of drug-likeness (QED) is 0.139. The van der Waals surface area contributed by atoms with Crippen molar-refractivity contribution in [1.82, 2.24) is 9.97 Å². The normalized spacial score (nSPS) is 22.0. The van der Waals surface area contributed by atoms with Crippen LogP contribution >= 0.6 is 0 Å². The summed E-state index contributed by atoms with van der Waals surface area (Å²) in [6.45, 7) is 9.16. The predicted octanol–water partition coefficient (Wildman–Crippen LogP) is 12.8. The standard InChI is InChI=1S/C42H68N2O/c1-5-9-11-13-17-33-19-23-35(24-20-33)27-37-29-39(31-43-41(37)15-7-3)45-40-30-38(42(16-8-4)44-32-40)28-36-25-21-34(22-26-36)18-14-12-10-6-2/h29-36H,5-28H2,1-4H3. The van der Waals surface area contributed by atoms with Crippen molar-refractivity contribution in [2.45, 2.75) is 182 Å². The molecule has 252 valence electrons. The van der Waals surface area contributed by atoms with E-state index in [9.17, 15) is 0 Å². The molecule has 2 saturated carbocycles. The number of unbranched alkanes of at least 4 members (excludes halogenated alkanes) is 6. The number of nitrogens with zero attached hydrogens (tertiary/aromatic N) is 2. The number of ether oxygens (including phenoxy) is 1. The number of aryl methyl sites for hydroxylation is 2. The summed E-state index contributed by atoms with van der Waals surface area (Å²) in [6.07, 6.45) is 35.9. The maximum Gasteiger partial charge on any atom is 0.146 e. The molecule has 0 spiro atoms. The van der Waals surface area contributed by atoms with Crippen molar-refractivity contribution in [2.24, 2.45) is 23.7 Å². The minimum Gasteiger partial charge on any atom is -0.454 e. The van der Waals surface area contributed by atoms with Crippen LogP contribution in [0.1, 0.15) is 179 Å². The first-order valence-corrected chi connectivity index (χ1v) is 19.7. The van der Waals surface area contributed by atoms with E-state index in [1.54, 1.807) is 0 Å². The van der Waals surface area contributed by atoms with Crippen molar-refractivity contribution in [3.8, 4) is 11.5 Å². The Balaban J connectivity index is 1.35. The average molecular weight is 617 g/mol. The van der Waals surface area contributed by atoms with Gasteiger partial charge in [0.15, 0.2) is 0 Å². The highest BCUT2D eigenvalue weighted by Gasteiger charge is 2.24. The average Bonchev–Trinajstić information content (AvgIpc) is 3.05. The molecule has 0 amide bonds. The molecule has 0 unspecified atom stereocenters. The van der Waals surface area contributed by atoms with Gasteiger partial charge in [0.05, 0.1) is 12.4 Å². The summed E-state index contributed by atoms with van der Waals surface area (Å²) >= 11 is 0. The lowest BCUT2D eigenvalue weighted by molar-refractivity contribution is 0.256. The maximum atomic E-state index is 6.54. The van der Waals surface area contributed by atoms with Gasteiger partial charge in [0.1, 0.15) is 11.5 Å². The molecule has 2 aromatic heterocycles. The number of rotatable bonds is 20. The number of pyridine rings is 2. The van der Waals surface area contributed by atoms with Gasteiger partial charge in [0.25, 0.3) is 0 Å². The maximum absolute atomic E-state index is 6.54. The van der Waals surface area contributed by atoms with E-state index >= 15 is 0 Å².